The van der Waals surface area contributed by atoms with E-state index < -0.39 is 15.4 Å². The largest absolute Gasteiger partial charge is 0.480 e. The van der Waals surface area contributed by atoms with Gasteiger partial charge in [-0.15, -0.1) is 0 Å². The summed E-state index contributed by atoms with van der Waals surface area (Å²) in [6.07, 6.45) is 1.84. The number of aryl methyl sites for hydroxylation is 1. The number of hydrogen-bond acceptors (Lipinski definition) is 6. The zero-order valence-corrected chi connectivity index (χ0v) is 15.8. The van der Waals surface area contributed by atoms with Gasteiger partial charge in [-0.2, -0.15) is 0 Å². The van der Waals surface area contributed by atoms with E-state index in [1.165, 1.54) is 13.4 Å². The summed E-state index contributed by atoms with van der Waals surface area (Å²) in [6, 6.07) is 7.05. The van der Waals surface area contributed by atoms with Gasteiger partial charge in [-0.05, 0) is 38.0 Å². The zero-order chi connectivity index (χ0) is 18.9. The van der Waals surface area contributed by atoms with Crippen LogP contribution in [0.4, 0.5) is 0 Å². The fraction of sp³-hybridized carbons (Fsp3) is 0.389. The van der Waals surface area contributed by atoms with Crippen molar-refractivity contribution in [3.63, 3.8) is 0 Å². The van der Waals surface area contributed by atoms with Crippen molar-refractivity contribution in [2.45, 2.75) is 25.8 Å². The highest BCUT2D eigenvalue weighted by atomic mass is 32.2. The topological polar surface area (TPSA) is 98.2 Å². The smallest absolute Gasteiger partial charge is 0.251 e. The minimum Gasteiger partial charge on any atom is -0.480 e. The Labute approximate surface area is 152 Å². The molecule has 1 aromatic heterocycles. The van der Waals surface area contributed by atoms with E-state index in [0.29, 0.717) is 17.9 Å². The molecule has 1 aliphatic rings. The Morgan fingerprint density at radius 3 is 2.73 bits per heavy atom. The van der Waals surface area contributed by atoms with Crippen molar-refractivity contribution in [1.29, 1.82) is 0 Å². The lowest BCUT2D eigenvalue weighted by Gasteiger charge is -2.24. The fourth-order valence-electron chi connectivity index (χ4n) is 3.21. The first kappa shape index (κ1) is 18.3. The Hall–Kier alpha value is -2.48. The summed E-state index contributed by atoms with van der Waals surface area (Å²) in [5, 5.41) is 2.87. The van der Waals surface area contributed by atoms with E-state index in [0.717, 1.165) is 16.8 Å². The molecule has 1 atom stereocenters. The number of nitrogens with zero attached hydrogens (tertiary/aromatic N) is 2. The number of amides is 1. The molecule has 8 heteroatoms. The molecular weight excluding hydrogens is 354 g/mol. The number of nitrogens with one attached hydrogen (secondary N) is 1. The molecule has 2 heterocycles. The number of benzene rings is 1. The van der Waals surface area contributed by atoms with E-state index >= 15 is 0 Å². The van der Waals surface area contributed by atoms with Crippen LogP contribution in [0.5, 0.6) is 5.88 Å². The quantitative estimate of drug-likeness (QED) is 0.874. The van der Waals surface area contributed by atoms with Crippen molar-refractivity contribution in [3.8, 4) is 17.0 Å². The molecule has 1 amide bonds. The van der Waals surface area contributed by atoms with Gasteiger partial charge in [-0.1, -0.05) is 12.1 Å². The first-order valence-electron chi connectivity index (χ1n) is 8.22. The third kappa shape index (κ3) is 3.70. The number of rotatable bonds is 4. The summed E-state index contributed by atoms with van der Waals surface area (Å²) in [5.74, 6) is 0.191. The molecule has 0 saturated carbocycles. The van der Waals surface area contributed by atoms with E-state index in [9.17, 15) is 13.2 Å². The second kappa shape index (κ2) is 6.68. The Kier molecular flexibility index (Phi) is 4.70. The van der Waals surface area contributed by atoms with Crippen LogP contribution in [0.2, 0.25) is 0 Å². The lowest BCUT2D eigenvalue weighted by atomic mass is 9.99. The molecule has 1 fully saturated rings. The van der Waals surface area contributed by atoms with Crippen molar-refractivity contribution < 1.29 is 17.9 Å². The molecule has 1 aromatic carbocycles. The highest BCUT2D eigenvalue weighted by Gasteiger charge is 2.39. The van der Waals surface area contributed by atoms with Crippen LogP contribution >= 0.6 is 0 Å². The Balaban J connectivity index is 1.90. The predicted molar refractivity (Wildman–Crippen MR) is 97.9 cm³/mol. The summed E-state index contributed by atoms with van der Waals surface area (Å²) >= 11 is 0. The molecule has 1 N–H and O–H groups in total. The number of carbonyl (C=O) groups excluding carboxylic acids is 1. The third-order valence-electron chi connectivity index (χ3n) is 4.53. The van der Waals surface area contributed by atoms with Crippen molar-refractivity contribution in [2.24, 2.45) is 0 Å². The van der Waals surface area contributed by atoms with Gasteiger partial charge in [0.25, 0.3) is 5.91 Å². The van der Waals surface area contributed by atoms with Crippen LogP contribution in [0, 0.1) is 6.92 Å². The number of aromatic nitrogens is 2. The highest BCUT2D eigenvalue weighted by Crippen LogP contribution is 2.31. The standard InChI is InChI=1S/C18H21N3O4S/c1-12-15(17(25-3)20-11-19-12)13-5-4-6-14(9-13)16(22)21-18(2)7-8-26(23,24)10-18/h4-6,9,11H,7-8,10H2,1-3H3,(H,21,22). The van der Waals surface area contributed by atoms with Gasteiger partial charge in [0, 0.05) is 5.56 Å². The number of ether oxygens (including phenoxy) is 1. The third-order valence-corrected chi connectivity index (χ3v) is 6.43. The molecule has 0 aliphatic carbocycles. The van der Waals surface area contributed by atoms with Crippen LogP contribution in [-0.4, -0.2) is 48.4 Å². The Bertz CT molecular complexity index is 959. The molecule has 1 unspecified atom stereocenters. The van der Waals surface area contributed by atoms with Gasteiger partial charge in [-0.25, -0.2) is 18.4 Å². The molecule has 3 rings (SSSR count). The zero-order valence-electron chi connectivity index (χ0n) is 14.9. The highest BCUT2D eigenvalue weighted by molar-refractivity contribution is 7.91. The average Bonchev–Trinajstić information content (AvgIpc) is 2.87. The van der Waals surface area contributed by atoms with Crippen LogP contribution < -0.4 is 10.1 Å². The lowest BCUT2D eigenvalue weighted by molar-refractivity contribution is 0.0915. The number of sulfone groups is 1. The number of hydrogen-bond donors (Lipinski definition) is 1. The predicted octanol–water partition coefficient (Wildman–Crippen LogP) is 1.77. The van der Waals surface area contributed by atoms with Gasteiger partial charge in [0.1, 0.15) is 6.33 Å². The molecule has 7 nitrogen and oxygen atoms in total. The summed E-state index contributed by atoms with van der Waals surface area (Å²) in [5.41, 5.74) is 1.92. The summed E-state index contributed by atoms with van der Waals surface area (Å²) in [7, 11) is -1.56. The van der Waals surface area contributed by atoms with Gasteiger partial charge in [0.2, 0.25) is 5.88 Å². The van der Waals surface area contributed by atoms with E-state index in [1.54, 1.807) is 25.1 Å². The molecule has 1 aliphatic heterocycles. The van der Waals surface area contributed by atoms with Crippen LogP contribution in [0.15, 0.2) is 30.6 Å². The maximum Gasteiger partial charge on any atom is 0.251 e. The Morgan fingerprint density at radius 2 is 2.08 bits per heavy atom. The average molecular weight is 375 g/mol. The molecule has 1 saturated heterocycles. The number of carbonyl (C=O) groups is 1. The minimum absolute atomic E-state index is 0.0368. The van der Waals surface area contributed by atoms with Crippen molar-refractivity contribution in [2.75, 3.05) is 18.6 Å². The molecule has 2 aromatic rings. The van der Waals surface area contributed by atoms with Gasteiger partial charge < -0.3 is 10.1 Å². The minimum atomic E-state index is -3.10. The van der Waals surface area contributed by atoms with Gasteiger partial charge in [0.05, 0.1) is 35.4 Å². The maximum atomic E-state index is 12.7. The van der Waals surface area contributed by atoms with Crippen LogP contribution in [-0.2, 0) is 9.84 Å². The maximum absolute atomic E-state index is 12.7. The Morgan fingerprint density at radius 1 is 1.31 bits per heavy atom. The van der Waals surface area contributed by atoms with Gasteiger partial charge in [0.15, 0.2) is 9.84 Å². The second-order valence-corrected chi connectivity index (χ2v) is 8.97. The van der Waals surface area contributed by atoms with Crippen molar-refractivity contribution >= 4 is 15.7 Å². The van der Waals surface area contributed by atoms with Crippen molar-refractivity contribution in [3.05, 3.63) is 41.9 Å². The molecule has 26 heavy (non-hydrogen) atoms. The summed E-state index contributed by atoms with van der Waals surface area (Å²) < 4.78 is 28.8. The van der Waals surface area contributed by atoms with Gasteiger partial charge >= 0.3 is 0 Å². The van der Waals surface area contributed by atoms with Gasteiger partial charge in [-0.3, -0.25) is 4.79 Å². The van der Waals surface area contributed by atoms with Crippen LogP contribution in [0.1, 0.15) is 29.4 Å². The van der Waals surface area contributed by atoms with E-state index in [1.807, 2.05) is 13.0 Å². The van der Waals surface area contributed by atoms with Crippen molar-refractivity contribution in [1.82, 2.24) is 15.3 Å². The SMILES string of the molecule is COc1ncnc(C)c1-c1cccc(C(=O)NC2(C)CCS(=O)(=O)C2)c1. The normalized spacial score (nSPS) is 21.3. The van der Waals surface area contributed by atoms with E-state index in [-0.39, 0.29) is 17.4 Å². The monoisotopic (exact) mass is 375 g/mol. The van der Waals surface area contributed by atoms with E-state index in [2.05, 4.69) is 15.3 Å². The molecule has 0 bridgehead atoms. The molecule has 0 spiro atoms. The first-order valence-corrected chi connectivity index (χ1v) is 10.0. The summed E-state index contributed by atoms with van der Waals surface area (Å²) in [6.45, 7) is 3.61. The number of methoxy groups -OCH3 is 1. The lowest BCUT2D eigenvalue weighted by Crippen LogP contribution is -2.46. The summed E-state index contributed by atoms with van der Waals surface area (Å²) in [4.78, 5) is 21.0. The van der Waals surface area contributed by atoms with Crippen LogP contribution in [0.25, 0.3) is 11.1 Å². The van der Waals surface area contributed by atoms with Crippen LogP contribution in [0.3, 0.4) is 0 Å². The second-order valence-electron chi connectivity index (χ2n) is 6.78. The first-order chi connectivity index (χ1) is 12.2. The molecule has 0 radical (unpaired) electrons. The molecule has 138 valence electrons. The fourth-order valence-corrected chi connectivity index (χ4v) is 5.30. The molecular formula is C18H21N3O4S. The van der Waals surface area contributed by atoms with E-state index in [4.69, 9.17) is 4.74 Å².